The van der Waals surface area contributed by atoms with Crippen molar-refractivity contribution >= 4 is 10.8 Å². The highest BCUT2D eigenvalue weighted by Gasteiger charge is 2.29. The zero-order valence-corrected chi connectivity index (χ0v) is 12.5. The normalized spacial score (nSPS) is 13.5. The second-order valence-corrected chi connectivity index (χ2v) is 5.54. The molecule has 0 aliphatic heterocycles. The molecule has 0 radical (unpaired) electrons. The van der Waals surface area contributed by atoms with Gasteiger partial charge < -0.3 is 20.6 Å². The number of aliphatic hydroxyl groups is 2. The molecule has 0 saturated heterocycles. The molecule has 0 aliphatic rings. The molecular formula is C17H23NO3. The Morgan fingerprint density at radius 2 is 1.76 bits per heavy atom. The Hall–Kier alpha value is -1.62. The molecule has 0 bridgehead atoms. The number of hydrogen-bond donors (Lipinski definition) is 4. The molecule has 21 heavy (non-hydrogen) atoms. The summed E-state index contributed by atoms with van der Waals surface area (Å²) in [6.45, 7) is 3.52. The van der Waals surface area contributed by atoms with Crippen LogP contribution < -0.4 is 5.32 Å². The van der Waals surface area contributed by atoms with Crippen LogP contribution >= 0.6 is 0 Å². The van der Waals surface area contributed by atoms with Crippen LogP contribution in [0.3, 0.4) is 0 Å². The number of aliphatic hydroxyl groups excluding tert-OH is 2. The fraction of sp³-hybridized carbons (Fsp3) is 0.412. The molecular weight excluding hydrogens is 266 g/mol. The third-order valence-corrected chi connectivity index (χ3v) is 4.20. The van der Waals surface area contributed by atoms with Crippen molar-refractivity contribution in [2.45, 2.75) is 31.8 Å². The van der Waals surface area contributed by atoms with Gasteiger partial charge in [0.2, 0.25) is 0 Å². The van der Waals surface area contributed by atoms with Crippen LogP contribution in [0, 0.1) is 0 Å². The average molecular weight is 289 g/mol. The predicted molar refractivity (Wildman–Crippen MR) is 84.4 cm³/mol. The van der Waals surface area contributed by atoms with Crippen molar-refractivity contribution in [3.8, 4) is 5.75 Å². The van der Waals surface area contributed by atoms with Crippen LogP contribution in [-0.2, 0) is 0 Å². The maximum Gasteiger partial charge on any atom is 0.128 e. The van der Waals surface area contributed by atoms with Crippen LogP contribution in [0.25, 0.3) is 10.8 Å². The smallest absolute Gasteiger partial charge is 0.128 e. The molecule has 2 rings (SSSR count). The number of aromatic hydroxyl groups is 1. The summed E-state index contributed by atoms with van der Waals surface area (Å²) < 4.78 is 0. The van der Waals surface area contributed by atoms with Crippen molar-refractivity contribution in [2.24, 2.45) is 0 Å². The minimum absolute atomic E-state index is 0.154. The number of hydrogen-bond acceptors (Lipinski definition) is 4. The van der Waals surface area contributed by atoms with Crippen molar-refractivity contribution in [3.63, 3.8) is 0 Å². The van der Waals surface area contributed by atoms with E-state index in [1.54, 1.807) is 0 Å². The number of benzene rings is 2. The third kappa shape index (κ3) is 3.02. The van der Waals surface area contributed by atoms with Crippen molar-refractivity contribution in [2.75, 3.05) is 13.2 Å². The van der Waals surface area contributed by atoms with Gasteiger partial charge in [-0.25, -0.2) is 0 Å². The second kappa shape index (κ2) is 6.43. The molecule has 2 aromatic rings. The van der Waals surface area contributed by atoms with Crippen molar-refractivity contribution in [1.29, 1.82) is 0 Å². The van der Waals surface area contributed by atoms with E-state index in [4.69, 9.17) is 0 Å². The fourth-order valence-electron chi connectivity index (χ4n) is 2.63. The number of phenols is 1. The molecule has 1 atom stereocenters. The minimum atomic E-state index is -0.739. The summed E-state index contributed by atoms with van der Waals surface area (Å²) >= 11 is 0. The van der Waals surface area contributed by atoms with Gasteiger partial charge >= 0.3 is 0 Å². The molecule has 0 fully saturated rings. The van der Waals surface area contributed by atoms with E-state index >= 15 is 0 Å². The molecule has 0 amide bonds. The van der Waals surface area contributed by atoms with E-state index < -0.39 is 5.54 Å². The first-order valence-electron chi connectivity index (χ1n) is 7.27. The first kappa shape index (κ1) is 15.8. The highest BCUT2D eigenvalue weighted by molar-refractivity contribution is 5.89. The molecule has 0 spiro atoms. The van der Waals surface area contributed by atoms with E-state index in [1.165, 1.54) is 0 Å². The summed E-state index contributed by atoms with van der Waals surface area (Å²) in [5.41, 5.74) is 0.0192. The van der Waals surface area contributed by atoms with Crippen molar-refractivity contribution < 1.29 is 15.3 Å². The summed E-state index contributed by atoms with van der Waals surface area (Å²) in [5, 5.41) is 34.6. The Bertz CT molecular complexity index is 600. The summed E-state index contributed by atoms with van der Waals surface area (Å²) in [6.07, 6.45) is 0.596. The van der Waals surface area contributed by atoms with Gasteiger partial charge in [-0.1, -0.05) is 43.3 Å². The lowest BCUT2D eigenvalue weighted by Crippen LogP contribution is -2.52. The topological polar surface area (TPSA) is 72.7 Å². The minimum Gasteiger partial charge on any atom is -0.507 e. The molecule has 4 heteroatoms. The summed E-state index contributed by atoms with van der Waals surface area (Å²) in [7, 11) is 0. The van der Waals surface area contributed by atoms with Crippen LogP contribution in [0.4, 0.5) is 0 Å². The third-order valence-electron chi connectivity index (χ3n) is 4.20. The van der Waals surface area contributed by atoms with Crippen LogP contribution in [0.1, 0.15) is 31.9 Å². The lowest BCUT2D eigenvalue weighted by Gasteiger charge is -2.33. The zero-order chi connectivity index (χ0) is 15.5. The molecule has 114 valence electrons. The number of nitrogens with one attached hydrogen (secondary N) is 1. The van der Waals surface area contributed by atoms with Crippen LogP contribution in [0.2, 0.25) is 0 Å². The van der Waals surface area contributed by atoms with Gasteiger partial charge in [-0.05, 0) is 18.7 Å². The standard InChI is InChI=1S/C17H23NO3/c1-3-17(10-19,11-20)18-12(2)14-9-8-13-6-4-5-7-15(13)16(14)21/h4-9,12,18-21H,3,10-11H2,1-2H3. The van der Waals surface area contributed by atoms with Gasteiger partial charge in [0.15, 0.2) is 0 Å². The maximum absolute atomic E-state index is 10.5. The Morgan fingerprint density at radius 3 is 2.38 bits per heavy atom. The highest BCUT2D eigenvalue weighted by Crippen LogP contribution is 2.33. The average Bonchev–Trinajstić information content (AvgIpc) is 2.53. The van der Waals surface area contributed by atoms with E-state index in [0.29, 0.717) is 6.42 Å². The molecule has 0 saturated carbocycles. The summed E-state index contributed by atoms with van der Waals surface area (Å²) in [6, 6.07) is 11.3. The Kier molecular flexibility index (Phi) is 4.83. The van der Waals surface area contributed by atoms with Crippen LogP contribution in [-0.4, -0.2) is 34.1 Å². The van der Waals surface area contributed by atoms with Gasteiger partial charge in [-0.2, -0.15) is 0 Å². The highest BCUT2D eigenvalue weighted by atomic mass is 16.3. The Balaban J connectivity index is 2.35. The fourth-order valence-corrected chi connectivity index (χ4v) is 2.63. The molecule has 0 aliphatic carbocycles. The summed E-state index contributed by atoms with van der Waals surface area (Å²) in [5.74, 6) is 0.244. The van der Waals surface area contributed by atoms with Gasteiger partial charge in [0.25, 0.3) is 0 Å². The Labute approximate surface area is 125 Å². The van der Waals surface area contributed by atoms with Gasteiger partial charge in [-0.3, -0.25) is 0 Å². The van der Waals surface area contributed by atoms with E-state index in [1.807, 2.05) is 50.2 Å². The molecule has 4 N–H and O–H groups in total. The first-order valence-corrected chi connectivity index (χ1v) is 7.27. The van der Waals surface area contributed by atoms with E-state index in [-0.39, 0.29) is 25.0 Å². The van der Waals surface area contributed by atoms with Gasteiger partial charge in [0, 0.05) is 17.0 Å². The SMILES string of the molecule is CCC(CO)(CO)NC(C)c1ccc2ccccc2c1O. The molecule has 2 aromatic carbocycles. The van der Waals surface area contributed by atoms with Gasteiger partial charge in [0.05, 0.1) is 18.8 Å². The number of fused-ring (bicyclic) bond motifs is 1. The lowest BCUT2D eigenvalue weighted by atomic mass is 9.94. The molecule has 0 aromatic heterocycles. The largest absolute Gasteiger partial charge is 0.507 e. The quantitative estimate of drug-likeness (QED) is 0.658. The van der Waals surface area contributed by atoms with Crippen LogP contribution in [0.5, 0.6) is 5.75 Å². The second-order valence-electron chi connectivity index (χ2n) is 5.54. The number of phenolic OH excluding ortho intramolecular Hbond substituents is 1. The molecule has 0 heterocycles. The van der Waals surface area contributed by atoms with Gasteiger partial charge in [0.1, 0.15) is 5.75 Å². The van der Waals surface area contributed by atoms with Crippen molar-refractivity contribution in [1.82, 2.24) is 5.32 Å². The maximum atomic E-state index is 10.5. The van der Waals surface area contributed by atoms with E-state index in [0.717, 1.165) is 16.3 Å². The monoisotopic (exact) mass is 289 g/mol. The zero-order valence-electron chi connectivity index (χ0n) is 12.5. The first-order chi connectivity index (χ1) is 10.1. The Morgan fingerprint density at radius 1 is 1.10 bits per heavy atom. The lowest BCUT2D eigenvalue weighted by molar-refractivity contribution is 0.0790. The predicted octanol–water partition coefficient (Wildman–Crippen LogP) is 2.33. The van der Waals surface area contributed by atoms with Gasteiger partial charge in [-0.15, -0.1) is 0 Å². The summed E-state index contributed by atoms with van der Waals surface area (Å²) in [4.78, 5) is 0. The van der Waals surface area contributed by atoms with Crippen molar-refractivity contribution in [3.05, 3.63) is 42.0 Å². The van der Waals surface area contributed by atoms with E-state index in [2.05, 4.69) is 5.32 Å². The number of rotatable bonds is 6. The molecule has 4 nitrogen and oxygen atoms in total. The molecule has 1 unspecified atom stereocenters. The van der Waals surface area contributed by atoms with Crippen LogP contribution in [0.15, 0.2) is 36.4 Å². The van der Waals surface area contributed by atoms with E-state index in [9.17, 15) is 15.3 Å².